The minimum atomic E-state index is -0.631. The number of amides is 2. The number of primary amides is 2. The third-order valence-electron chi connectivity index (χ3n) is 3.40. The Labute approximate surface area is 114 Å². The molecule has 8 nitrogen and oxygen atoms in total. The van der Waals surface area contributed by atoms with Crippen molar-refractivity contribution < 1.29 is 14.5 Å². The highest BCUT2D eigenvalue weighted by atomic mass is 16.6. The Morgan fingerprint density at radius 3 is 1.90 bits per heavy atom. The van der Waals surface area contributed by atoms with E-state index in [0.29, 0.717) is 18.5 Å². The summed E-state index contributed by atoms with van der Waals surface area (Å²) in [4.78, 5) is 34.5. The van der Waals surface area contributed by atoms with Crippen LogP contribution in [-0.2, 0) is 9.59 Å². The van der Waals surface area contributed by atoms with Crippen molar-refractivity contribution in [1.29, 1.82) is 0 Å². The SMILES string of the molecule is NC(=O)C1CCC(C(N)=O)N1c1ccc([N+](=O)[O-])cc1. The molecule has 0 saturated carbocycles. The van der Waals surface area contributed by atoms with Crippen LogP contribution < -0.4 is 16.4 Å². The highest BCUT2D eigenvalue weighted by Gasteiger charge is 2.39. The van der Waals surface area contributed by atoms with Crippen LogP contribution in [0.4, 0.5) is 11.4 Å². The summed E-state index contributed by atoms with van der Waals surface area (Å²) in [6.07, 6.45) is 0.861. The van der Waals surface area contributed by atoms with Gasteiger partial charge in [0, 0.05) is 17.8 Å². The highest BCUT2D eigenvalue weighted by molar-refractivity contribution is 5.91. The molecule has 1 aromatic carbocycles. The minimum Gasteiger partial charge on any atom is -0.368 e. The maximum atomic E-state index is 11.4. The minimum absolute atomic E-state index is 0.0702. The second kappa shape index (κ2) is 5.16. The first-order valence-electron chi connectivity index (χ1n) is 6.03. The Hall–Kier alpha value is -2.64. The molecule has 0 radical (unpaired) electrons. The van der Waals surface area contributed by atoms with E-state index in [-0.39, 0.29) is 5.69 Å². The Morgan fingerprint density at radius 2 is 1.55 bits per heavy atom. The Morgan fingerprint density at radius 1 is 1.10 bits per heavy atom. The number of non-ortho nitro benzene ring substituents is 1. The van der Waals surface area contributed by atoms with Crippen LogP contribution in [0.1, 0.15) is 12.8 Å². The van der Waals surface area contributed by atoms with Crippen molar-refractivity contribution in [3.05, 3.63) is 34.4 Å². The lowest BCUT2D eigenvalue weighted by Crippen LogP contribution is -2.48. The lowest BCUT2D eigenvalue weighted by Gasteiger charge is -2.29. The molecular weight excluding hydrogens is 264 g/mol. The molecule has 0 aliphatic carbocycles. The van der Waals surface area contributed by atoms with Crippen LogP contribution in [0.15, 0.2) is 24.3 Å². The number of nitrogens with zero attached hydrogens (tertiary/aromatic N) is 2. The average molecular weight is 278 g/mol. The fraction of sp³-hybridized carbons (Fsp3) is 0.333. The van der Waals surface area contributed by atoms with Crippen LogP contribution in [0.5, 0.6) is 0 Å². The molecule has 2 atom stereocenters. The first-order valence-corrected chi connectivity index (χ1v) is 6.03. The van der Waals surface area contributed by atoms with Crippen LogP contribution in [0.25, 0.3) is 0 Å². The van der Waals surface area contributed by atoms with Gasteiger partial charge < -0.3 is 16.4 Å². The highest BCUT2D eigenvalue weighted by Crippen LogP contribution is 2.31. The zero-order valence-electron chi connectivity index (χ0n) is 10.6. The van der Waals surface area contributed by atoms with Crippen molar-refractivity contribution in [2.24, 2.45) is 11.5 Å². The quantitative estimate of drug-likeness (QED) is 0.586. The molecule has 1 saturated heterocycles. The Kier molecular flexibility index (Phi) is 3.55. The van der Waals surface area contributed by atoms with E-state index in [9.17, 15) is 19.7 Å². The zero-order chi connectivity index (χ0) is 14.9. The van der Waals surface area contributed by atoms with Gasteiger partial charge in [0.15, 0.2) is 0 Å². The van der Waals surface area contributed by atoms with Gasteiger partial charge in [-0.15, -0.1) is 0 Å². The number of rotatable bonds is 4. The fourth-order valence-corrected chi connectivity index (χ4v) is 2.48. The number of nitro groups is 1. The molecule has 20 heavy (non-hydrogen) atoms. The summed E-state index contributed by atoms with van der Waals surface area (Å²) in [6.45, 7) is 0. The summed E-state index contributed by atoms with van der Waals surface area (Å²) in [5.74, 6) is -1.10. The van der Waals surface area contributed by atoms with Gasteiger partial charge in [-0.05, 0) is 25.0 Å². The van der Waals surface area contributed by atoms with Crippen LogP contribution in [-0.4, -0.2) is 28.8 Å². The molecule has 1 aliphatic rings. The van der Waals surface area contributed by atoms with Crippen molar-refractivity contribution in [1.82, 2.24) is 0 Å². The van der Waals surface area contributed by atoms with Gasteiger partial charge in [-0.3, -0.25) is 19.7 Å². The van der Waals surface area contributed by atoms with Gasteiger partial charge in [0.25, 0.3) is 5.69 Å². The molecule has 1 heterocycles. The summed E-state index contributed by atoms with van der Waals surface area (Å²) in [5.41, 5.74) is 11.1. The molecular formula is C12H14N4O4. The molecule has 2 rings (SSSR count). The summed E-state index contributed by atoms with van der Waals surface area (Å²) in [5, 5.41) is 10.6. The number of anilines is 1. The second-order valence-corrected chi connectivity index (χ2v) is 4.59. The van der Waals surface area contributed by atoms with E-state index in [1.165, 1.54) is 29.2 Å². The first kappa shape index (κ1) is 13.8. The van der Waals surface area contributed by atoms with Crippen molar-refractivity contribution in [2.45, 2.75) is 24.9 Å². The average Bonchev–Trinajstić information content (AvgIpc) is 2.83. The third-order valence-corrected chi connectivity index (χ3v) is 3.40. The van der Waals surface area contributed by atoms with E-state index in [0.717, 1.165) is 0 Å². The predicted molar refractivity (Wildman–Crippen MR) is 70.8 cm³/mol. The predicted octanol–water partition coefficient (Wildman–Crippen LogP) is -0.0972. The van der Waals surface area contributed by atoms with Crippen molar-refractivity contribution >= 4 is 23.2 Å². The van der Waals surface area contributed by atoms with Gasteiger partial charge in [-0.1, -0.05) is 0 Å². The van der Waals surface area contributed by atoms with Crippen molar-refractivity contribution in [3.8, 4) is 0 Å². The molecule has 1 fully saturated rings. The number of carbonyl (C=O) groups is 2. The normalized spacial score (nSPS) is 21.7. The lowest BCUT2D eigenvalue weighted by atomic mass is 10.2. The van der Waals surface area contributed by atoms with Crippen molar-refractivity contribution in [2.75, 3.05) is 4.90 Å². The number of hydrogen-bond acceptors (Lipinski definition) is 5. The van der Waals surface area contributed by atoms with E-state index < -0.39 is 28.8 Å². The van der Waals surface area contributed by atoms with E-state index in [1.54, 1.807) is 0 Å². The van der Waals surface area contributed by atoms with Gasteiger partial charge in [-0.2, -0.15) is 0 Å². The third kappa shape index (κ3) is 2.40. The summed E-state index contributed by atoms with van der Waals surface area (Å²) >= 11 is 0. The molecule has 0 bridgehead atoms. The Bertz CT molecular complexity index is 535. The number of nitrogens with two attached hydrogens (primary N) is 2. The first-order chi connectivity index (χ1) is 9.41. The number of benzene rings is 1. The van der Waals surface area contributed by atoms with E-state index in [1.807, 2.05) is 0 Å². The maximum absolute atomic E-state index is 11.4. The van der Waals surface area contributed by atoms with Crippen LogP contribution >= 0.6 is 0 Å². The van der Waals surface area contributed by atoms with E-state index in [4.69, 9.17) is 11.5 Å². The van der Waals surface area contributed by atoms with Gasteiger partial charge >= 0.3 is 0 Å². The largest absolute Gasteiger partial charge is 0.368 e. The Balaban J connectivity index is 2.36. The second-order valence-electron chi connectivity index (χ2n) is 4.59. The molecule has 106 valence electrons. The van der Waals surface area contributed by atoms with Crippen molar-refractivity contribution in [3.63, 3.8) is 0 Å². The van der Waals surface area contributed by atoms with Crippen LogP contribution in [0, 0.1) is 10.1 Å². The molecule has 8 heteroatoms. The monoisotopic (exact) mass is 278 g/mol. The van der Waals surface area contributed by atoms with Gasteiger partial charge in [0.1, 0.15) is 12.1 Å². The summed E-state index contributed by atoms with van der Waals surface area (Å²) in [6, 6.07) is 4.32. The van der Waals surface area contributed by atoms with Gasteiger partial charge in [-0.25, -0.2) is 0 Å². The van der Waals surface area contributed by atoms with E-state index in [2.05, 4.69) is 0 Å². The number of nitro benzene ring substituents is 1. The lowest BCUT2D eigenvalue weighted by molar-refractivity contribution is -0.384. The molecule has 2 amide bonds. The maximum Gasteiger partial charge on any atom is 0.269 e. The summed E-state index contributed by atoms with van der Waals surface area (Å²) in [7, 11) is 0. The standard InChI is InChI=1S/C12H14N4O4/c13-11(17)9-5-6-10(12(14)18)15(9)7-1-3-8(4-2-7)16(19)20/h1-4,9-10H,5-6H2,(H2,13,17)(H2,14,18). The van der Waals surface area contributed by atoms with Crippen LogP contribution in [0.3, 0.4) is 0 Å². The number of hydrogen-bond donors (Lipinski definition) is 2. The summed E-state index contributed by atoms with van der Waals surface area (Å²) < 4.78 is 0. The number of carbonyl (C=O) groups excluding carboxylic acids is 2. The van der Waals surface area contributed by atoms with Gasteiger partial charge in [0.05, 0.1) is 4.92 Å². The molecule has 0 spiro atoms. The molecule has 1 aliphatic heterocycles. The topological polar surface area (TPSA) is 133 Å². The smallest absolute Gasteiger partial charge is 0.269 e. The molecule has 4 N–H and O–H groups in total. The zero-order valence-corrected chi connectivity index (χ0v) is 10.6. The molecule has 2 unspecified atom stereocenters. The van der Waals surface area contributed by atoms with E-state index >= 15 is 0 Å². The van der Waals surface area contributed by atoms with Gasteiger partial charge in [0.2, 0.25) is 11.8 Å². The van der Waals surface area contributed by atoms with Crippen LogP contribution in [0.2, 0.25) is 0 Å². The molecule has 1 aromatic rings. The fourth-order valence-electron chi connectivity index (χ4n) is 2.48. The molecule has 0 aromatic heterocycles.